The summed E-state index contributed by atoms with van der Waals surface area (Å²) in [6, 6.07) is 18.0. The summed E-state index contributed by atoms with van der Waals surface area (Å²) in [5, 5.41) is 3.70. The highest BCUT2D eigenvalue weighted by atomic mass is 14.9. The van der Waals surface area contributed by atoms with Gasteiger partial charge in [0.1, 0.15) is 0 Å². The first-order valence-electron chi connectivity index (χ1n) is 7.64. The lowest BCUT2D eigenvalue weighted by molar-refractivity contribution is 0.594. The van der Waals surface area contributed by atoms with Gasteiger partial charge in [-0.05, 0) is 43.0 Å². The van der Waals surface area contributed by atoms with Crippen molar-refractivity contribution in [3.63, 3.8) is 0 Å². The molecule has 2 aromatic carbocycles. The molecule has 0 saturated heterocycles. The molecule has 0 amide bonds. The van der Waals surface area contributed by atoms with Crippen molar-refractivity contribution in [1.82, 2.24) is 5.32 Å². The van der Waals surface area contributed by atoms with Crippen LogP contribution in [-0.2, 0) is 6.42 Å². The first-order chi connectivity index (χ1) is 9.76. The molecule has 0 spiro atoms. The highest BCUT2D eigenvalue weighted by molar-refractivity contribution is 5.38. The van der Waals surface area contributed by atoms with Crippen LogP contribution in [0.2, 0.25) is 0 Å². The zero-order valence-corrected chi connectivity index (χ0v) is 12.8. The molecular weight excluding hydrogens is 242 g/mol. The molecule has 2 aromatic rings. The van der Waals surface area contributed by atoms with E-state index in [1.807, 2.05) is 0 Å². The monoisotopic (exact) mass is 267 g/mol. The van der Waals surface area contributed by atoms with Crippen molar-refractivity contribution in [2.24, 2.45) is 0 Å². The van der Waals surface area contributed by atoms with Crippen LogP contribution in [0.25, 0.3) is 0 Å². The van der Waals surface area contributed by atoms with E-state index in [0.717, 1.165) is 19.4 Å². The Balaban J connectivity index is 2.38. The Kier molecular flexibility index (Phi) is 5.37. The molecule has 0 heterocycles. The van der Waals surface area contributed by atoms with Gasteiger partial charge in [0, 0.05) is 0 Å². The zero-order chi connectivity index (χ0) is 14.4. The Morgan fingerprint density at radius 3 is 2.30 bits per heavy atom. The Morgan fingerprint density at radius 1 is 0.950 bits per heavy atom. The summed E-state index contributed by atoms with van der Waals surface area (Å²) in [7, 11) is 0. The van der Waals surface area contributed by atoms with Crippen LogP contribution < -0.4 is 5.32 Å². The molecule has 0 aromatic heterocycles. The standard InChI is InChI=1S/C19H25N/c1-4-14-20-19(17-12-10-15(3)11-13-17)18-9-7-6-8-16(18)5-2/h6-13,19-20H,4-5,14H2,1-3H3. The molecule has 2 rings (SSSR count). The molecule has 0 saturated carbocycles. The minimum Gasteiger partial charge on any atom is -0.306 e. The average Bonchev–Trinajstić information content (AvgIpc) is 2.50. The first-order valence-corrected chi connectivity index (χ1v) is 7.64. The molecule has 1 unspecified atom stereocenters. The molecule has 0 fully saturated rings. The van der Waals surface area contributed by atoms with Crippen molar-refractivity contribution in [1.29, 1.82) is 0 Å². The van der Waals surface area contributed by atoms with Gasteiger partial charge in [-0.3, -0.25) is 0 Å². The molecule has 20 heavy (non-hydrogen) atoms. The lowest BCUT2D eigenvalue weighted by atomic mass is 9.93. The van der Waals surface area contributed by atoms with Crippen molar-refractivity contribution < 1.29 is 0 Å². The highest BCUT2D eigenvalue weighted by Gasteiger charge is 2.15. The van der Waals surface area contributed by atoms with Crippen LogP contribution in [0.5, 0.6) is 0 Å². The maximum absolute atomic E-state index is 3.70. The van der Waals surface area contributed by atoms with E-state index in [9.17, 15) is 0 Å². The second kappa shape index (κ2) is 7.25. The quantitative estimate of drug-likeness (QED) is 0.803. The van der Waals surface area contributed by atoms with Crippen LogP contribution in [-0.4, -0.2) is 6.54 Å². The Labute approximate surface area is 123 Å². The summed E-state index contributed by atoms with van der Waals surface area (Å²) in [5.74, 6) is 0. The van der Waals surface area contributed by atoms with Gasteiger partial charge in [0.05, 0.1) is 6.04 Å². The predicted octanol–water partition coefficient (Wildman–Crippen LogP) is 4.65. The van der Waals surface area contributed by atoms with Gasteiger partial charge in [0.2, 0.25) is 0 Å². The maximum atomic E-state index is 3.70. The van der Waals surface area contributed by atoms with Gasteiger partial charge >= 0.3 is 0 Å². The number of hydrogen-bond donors (Lipinski definition) is 1. The number of rotatable bonds is 6. The third kappa shape index (κ3) is 3.49. The van der Waals surface area contributed by atoms with Crippen molar-refractivity contribution in [3.05, 3.63) is 70.8 Å². The fraction of sp³-hybridized carbons (Fsp3) is 0.368. The maximum Gasteiger partial charge on any atom is 0.0579 e. The normalized spacial score (nSPS) is 12.3. The lowest BCUT2D eigenvalue weighted by Gasteiger charge is -2.22. The van der Waals surface area contributed by atoms with Crippen LogP contribution >= 0.6 is 0 Å². The number of nitrogens with one attached hydrogen (secondary N) is 1. The molecule has 1 atom stereocenters. The van der Waals surface area contributed by atoms with Crippen LogP contribution in [0.15, 0.2) is 48.5 Å². The van der Waals surface area contributed by atoms with E-state index in [4.69, 9.17) is 0 Å². The van der Waals surface area contributed by atoms with Crippen molar-refractivity contribution >= 4 is 0 Å². The summed E-state index contributed by atoms with van der Waals surface area (Å²) < 4.78 is 0. The van der Waals surface area contributed by atoms with E-state index in [2.05, 4.69) is 74.6 Å². The largest absolute Gasteiger partial charge is 0.306 e. The fourth-order valence-corrected chi connectivity index (χ4v) is 2.59. The molecule has 0 aliphatic carbocycles. The van der Waals surface area contributed by atoms with E-state index in [1.165, 1.54) is 22.3 Å². The van der Waals surface area contributed by atoms with Gasteiger partial charge < -0.3 is 5.32 Å². The second-order valence-corrected chi connectivity index (χ2v) is 5.35. The predicted molar refractivity (Wildman–Crippen MR) is 87.1 cm³/mol. The van der Waals surface area contributed by atoms with Gasteiger partial charge in [-0.25, -0.2) is 0 Å². The minimum absolute atomic E-state index is 0.298. The summed E-state index contributed by atoms with van der Waals surface area (Å²) >= 11 is 0. The van der Waals surface area contributed by atoms with E-state index >= 15 is 0 Å². The van der Waals surface area contributed by atoms with Gasteiger partial charge in [-0.1, -0.05) is 67.9 Å². The topological polar surface area (TPSA) is 12.0 Å². The third-order valence-electron chi connectivity index (χ3n) is 3.76. The minimum atomic E-state index is 0.298. The van der Waals surface area contributed by atoms with E-state index in [0.29, 0.717) is 6.04 Å². The van der Waals surface area contributed by atoms with E-state index in [-0.39, 0.29) is 0 Å². The van der Waals surface area contributed by atoms with Gasteiger partial charge in [-0.15, -0.1) is 0 Å². The smallest absolute Gasteiger partial charge is 0.0579 e. The molecule has 0 bridgehead atoms. The average molecular weight is 267 g/mol. The molecule has 1 N–H and O–H groups in total. The van der Waals surface area contributed by atoms with Gasteiger partial charge in [-0.2, -0.15) is 0 Å². The molecule has 106 valence electrons. The fourth-order valence-electron chi connectivity index (χ4n) is 2.59. The number of aryl methyl sites for hydroxylation is 2. The number of benzene rings is 2. The molecule has 0 aliphatic rings. The Bertz CT molecular complexity index is 528. The summed E-state index contributed by atoms with van der Waals surface area (Å²) in [4.78, 5) is 0. The SMILES string of the molecule is CCCNC(c1ccc(C)cc1)c1ccccc1CC. The zero-order valence-electron chi connectivity index (χ0n) is 12.8. The molecule has 0 aliphatic heterocycles. The molecule has 1 nitrogen and oxygen atoms in total. The summed E-state index contributed by atoms with van der Waals surface area (Å²) in [5.41, 5.74) is 5.51. The van der Waals surface area contributed by atoms with Gasteiger partial charge in [0.25, 0.3) is 0 Å². The van der Waals surface area contributed by atoms with Crippen LogP contribution in [0, 0.1) is 6.92 Å². The number of hydrogen-bond acceptors (Lipinski definition) is 1. The van der Waals surface area contributed by atoms with Crippen LogP contribution in [0.1, 0.15) is 48.6 Å². The van der Waals surface area contributed by atoms with E-state index in [1.54, 1.807) is 0 Å². The van der Waals surface area contributed by atoms with Crippen molar-refractivity contribution in [2.45, 2.75) is 39.7 Å². The first kappa shape index (κ1) is 14.8. The second-order valence-electron chi connectivity index (χ2n) is 5.35. The molecular formula is C19H25N. The van der Waals surface area contributed by atoms with E-state index < -0.39 is 0 Å². The summed E-state index contributed by atoms with van der Waals surface area (Å²) in [6.07, 6.45) is 2.23. The van der Waals surface area contributed by atoms with Gasteiger partial charge in [0.15, 0.2) is 0 Å². The van der Waals surface area contributed by atoms with Crippen molar-refractivity contribution in [2.75, 3.05) is 6.54 Å². The third-order valence-corrected chi connectivity index (χ3v) is 3.76. The highest BCUT2D eigenvalue weighted by Crippen LogP contribution is 2.26. The van der Waals surface area contributed by atoms with Crippen molar-refractivity contribution in [3.8, 4) is 0 Å². The Hall–Kier alpha value is -1.60. The summed E-state index contributed by atoms with van der Waals surface area (Å²) in [6.45, 7) is 7.62. The molecule has 1 heteroatoms. The molecule has 0 radical (unpaired) electrons. The van der Waals surface area contributed by atoms with Crippen LogP contribution in [0.3, 0.4) is 0 Å². The lowest BCUT2D eigenvalue weighted by Crippen LogP contribution is -2.24. The van der Waals surface area contributed by atoms with Crippen LogP contribution in [0.4, 0.5) is 0 Å². The Morgan fingerprint density at radius 2 is 1.65 bits per heavy atom.